The van der Waals surface area contributed by atoms with E-state index in [1.165, 1.54) is 13.3 Å². The molecule has 4 N–H and O–H groups in total. The quantitative estimate of drug-likeness (QED) is 0.410. The lowest BCUT2D eigenvalue weighted by atomic mass is 9.84. The minimum atomic E-state index is -0.936. The molecule has 8 nitrogen and oxygen atoms in total. The first-order valence-corrected chi connectivity index (χ1v) is 12.3. The number of amides is 2. The summed E-state index contributed by atoms with van der Waals surface area (Å²) in [4.78, 5) is 43.7. The number of piperidine rings is 1. The fourth-order valence-electron chi connectivity index (χ4n) is 6.57. The van der Waals surface area contributed by atoms with Crippen molar-refractivity contribution in [1.29, 1.82) is 0 Å². The molecule has 35 heavy (non-hydrogen) atoms. The van der Waals surface area contributed by atoms with Crippen LogP contribution in [0.5, 0.6) is 0 Å². The van der Waals surface area contributed by atoms with E-state index in [0.717, 1.165) is 49.8 Å². The SMILES string of the molecule is CC(=O)O[C@H](CC1CCCCC1)C(=O)[N+]1(Cc2ccc(N)nc2C)CCC[C@@H]2C[C@@]21C(N)=O.Cl.Cl. The van der Waals surface area contributed by atoms with Crippen molar-refractivity contribution in [2.24, 2.45) is 17.6 Å². The standard InChI is InChI=1S/C25H36N4O4.2ClH/c1-16-19(10-11-22(26)28-16)15-29(12-6-9-20-14-25(20,29)24(27)32)23(31)21(33-17(2)30)13-18-7-4-3-5-8-18;;/h10-11,18,20-21H,3-9,12-15H2,1-2H3,(H3-,26,27,28,32);2*1H/p+1/t20-,21-,25+,29?;;/m1../s1. The molecule has 0 bridgehead atoms. The van der Waals surface area contributed by atoms with Crippen LogP contribution >= 0.6 is 24.8 Å². The lowest BCUT2D eigenvalue weighted by Gasteiger charge is -2.46. The van der Waals surface area contributed by atoms with Gasteiger partial charge in [-0.1, -0.05) is 32.1 Å². The van der Waals surface area contributed by atoms with Crippen molar-refractivity contribution < 1.29 is 23.6 Å². The maximum Gasteiger partial charge on any atom is 0.355 e. The number of halogens is 2. The van der Waals surface area contributed by atoms with Crippen molar-refractivity contribution in [2.75, 3.05) is 12.3 Å². The summed E-state index contributed by atoms with van der Waals surface area (Å²) in [6, 6.07) is 3.60. The van der Waals surface area contributed by atoms with Gasteiger partial charge in [0, 0.05) is 36.9 Å². The van der Waals surface area contributed by atoms with Crippen LogP contribution < -0.4 is 11.5 Å². The van der Waals surface area contributed by atoms with Crippen molar-refractivity contribution in [1.82, 2.24) is 4.98 Å². The van der Waals surface area contributed by atoms with Gasteiger partial charge in [0.1, 0.15) is 12.4 Å². The van der Waals surface area contributed by atoms with Crippen LogP contribution in [-0.4, -0.2) is 45.4 Å². The topological polar surface area (TPSA) is 125 Å². The molecule has 2 saturated carbocycles. The molecule has 10 heteroatoms. The van der Waals surface area contributed by atoms with Crippen LogP contribution in [0, 0.1) is 18.8 Å². The Labute approximate surface area is 219 Å². The Balaban J connectivity index is 0.00000216. The summed E-state index contributed by atoms with van der Waals surface area (Å²) < 4.78 is 5.60. The lowest BCUT2D eigenvalue weighted by molar-refractivity contribution is -0.901. The number of hydrogen-bond acceptors (Lipinski definition) is 6. The Morgan fingerprint density at radius 2 is 1.83 bits per heavy atom. The minimum absolute atomic E-state index is 0. The summed E-state index contributed by atoms with van der Waals surface area (Å²) in [6.45, 7) is 4.02. The number of nitrogens with zero attached hydrogens (tertiary/aromatic N) is 2. The third-order valence-electron chi connectivity index (χ3n) is 8.29. The number of fused-ring (bicyclic) bond motifs is 1. The van der Waals surface area contributed by atoms with Crippen LogP contribution in [0.15, 0.2) is 12.1 Å². The molecular weight excluding hydrogens is 491 g/mol. The normalized spacial score (nSPS) is 28.5. The minimum Gasteiger partial charge on any atom is -0.448 e. The number of quaternary nitrogens is 1. The van der Waals surface area contributed by atoms with E-state index >= 15 is 0 Å². The number of pyridine rings is 1. The van der Waals surface area contributed by atoms with Gasteiger partial charge in [-0.3, -0.25) is 9.59 Å². The van der Waals surface area contributed by atoms with Gasteiger partial charge in [-0.05, 0) is 37.8 Å². The third kappa shape index (κ3) is 5.44. The lowest BCUT2D eigenvalue weighted by Crippen LogP contribution is -2.70. The highest BCUT2D eigenvalue weighted by molar-refractivity contribution is 5.91. The second kappa shape index (κ2) is 11.4. The van der Waals surface area contributed by atoms with Gasteiger partial charge in [-0.2, -0.15) is 0 Å². The number of primary amides is 1. The van der Waals surface area contributed by atoms with Crippen LogP contribution in [0.2, 0.25) is 0 Å². The summed E-state index contributed by atoms with van der Waals surface area (Å²) in [5, 5.41) is 0. The van der Waals surface area contributed by atoms with E-state index in [4.69, 9.17) is 16.2 Å². The number of carbonyl (C=O) groups excluding carboxylic acids is 3. The number of carbonyl (C=O) groups is 3. The van der Waals surface area contributed by atoms with Crippen molar-refractivity contribution in [3.8, 4) is 0 Å². The maximum absolute atomic E-state index is 14.4. The third-order valence-corrected chi connectivity index (χ3v) is 8.29. The predicted octanol–water partition coefficient (Wildman–Crippen LogP) is 3.60. The van der Waals surface area contributed by atoms with Gasteiger partial charge in [0.25, 0.3) is 5.91 Å². The average molecular weight is 531 g/mol. The Morgan fingerprint density at radius 1 is 1.14 bits per heavy atom. The van der Waals surface area contributed by atoms with Gasteiger partial charge in [0.05, 0.1) is 6.54 Å². The van der Waals surface area contributed by atoms with E-state index in [2.05, 4.69) is 4.98 Å². The molecule has 2 heterocycles. The summed E-state index contributed by atoms with van der Waals surface area (Å²) in [7, 11) is 0. The van der Waals surface area contributed by atoms with E-state index < -0.39 is 23.5 Å². The van der Waals surface area contributed by atoms with E-state index in [0.29, 0.717) is 37.7 Å². The maximum atomic E-state index is 14.4. The number of nitrogens with two attached hydrogens (primary N) is 2. The average Bonchev–Trinajstić information content (AvgIpc) is 3.52. The monoisotopic (exact) mass is 529 g/mol. The molecule has 1 unspecified atom stereocenters. The Morgan fingerprint density at radius 3 is 2.43 bits per heavy atom. The van der Waals surface area contributed by atoms with Gasteiger partial charge < -0.3 is 16.2 Å². The van der Waals surface area contributed by atoms with Gasteiger partial charge in [0.15, 0.2) is 5.54 Å². The number of aryl methyl sites for hydroxylation is 1. The van der Waals surface area contributed by atoms with Gasteiger partial charge >= 0.3 is 11.9 Å². The first-order chi connectivity index (χ1) is 15.7. The highest BCUT2D eigenvalue weighted by Gasteiger charge is 2.77. The number of esters is 1. The van der Waals surface area contributed by atoms with Crippen molar-refractivity contribution >= 4 is 48.4 Å². The highest BCUT2D eigenvalue weighted by atomic mass is 35.5. The molecular formula is C25H39Cl2N4O4+. The molecule has 4 rings (SSSR count). The second-order valence-electron chi connectivity index (χ2n) is 10.3. The van der Waals surface area contributed by atoms with Crippen molar-refractivity contribution in [2.45, 2.75) is 89.8 Å². The van der Waals surface area contributed by atoms with E-state index in [1.54, 1.807) is 6.07 Å². The fourth-order valence-corrected chi connectivity index (χ4v) is 6.57. The molecule has 4 atom stereocenters. The zero-order chi connectivity index (χ0) is 23.8. The number of rotatable bonds is 7. The molecule has 196 valence electrons. The number of likely N-dealkylation sites (tertiary alicyclic amines) is 1. The van der Waals surface area contributed by atoms with Gasteiger partial charge in [-0.25, -0.2) is 14.3 Å². The fraction of sp³-hybridized carbons (Fsp3) is 0.680. The van der Waals surface area contributed by atoms with Gasteiger partial charge in [0.2, 0.25) is 6.10 Å². The van der Waals surface area contributed by atoms with Crippen LogP contribution in [0.3, 0.4) is 0 Å². The van der Waals surface area contributed by atoms with Crippen molar-refractivity contribution in [3.05, 3.63) is 23.4 Å². The smallest absolute Gasteiger partial charge is 0.355 e. The molecule has 3 aliphatic rings. The molecule has 1 aromatic heterocycles. The van der Waals surface area contributed by atoms with Crippen molar-refractivity contribution in [3.63, 3.8) is 0 Å². The zero-order valence-electron chi connectivity index (χ0n) is 20.7. The summed E-state index contributed by atoms with van der Waals surface area (Å²) in [5.41, 5.74) is 12.5. The number of hydrogen-bond donors (Lipinski definition) is 2. The Hall–Kier alpha value is -1.90. The number of nitrogen functional groups attached to an aromatic ring is 1. The highest BCUT2D eigenvalue weighted by Crippen LogP contribution is 2.59. The number of aromatic nitrogens is 1. The molecule has 3 fully saturated rings. The number of ether oxygens (including phenoxy) is 1. The van der Waals surface area contributed by atoms with Crippen LogP contribution in [0.1, 0.15) is 76.0 Å². The zero-order valence-corrected chi connectivity index (χ0v) is 22.3. The Kier molecular flexibility index (Phi) is 9.59. The Bertz CT molecular complexity index is 955. The summed E-state index contributed by atoms with van der Waals surface area (Å²) in [6.07, 6.45) is 7.50. The molecule has 0 spiro atoms. The summed E-state index contributed by atoms with van der Waals surface area (Å²) >= 11 is 0. The molecule has 1 aliphatic heterocycles. The predicted molar refractivity (Wildman–Crippen MR) is 138 cm³/mol. The molecule has 1 saturated heterocycles. The van der Waals surface area contributed by atoms with Crippen LogP contribution in [0.25, 0.3) is 0 Å². The molecule has 2 aliphatic carbocycles. The van der Waals surface area contributed by atoms with Crippen LogP contribution in [-0.2, 0) is 25.7 Å². The van der Waals surface area contributed by atoms with E-state index in [9.17, 15) is 14.4 Å². The largest absolute Gasteiger partial charge is 0.448 e. The molecule has 2 amide bonds. The number of anilines is 1. The van der Waals surface area contributed by atoms with E-state index in [1.807, 2.05) is 13.0 Å². The molecule has 0 aromatic carbocycles. The first-order valence-electron chi connectivity index (χ1n) is 12.3. The summed E-state index contributed by atoms with van der Waals surface area (Å²) in [5.74, 6) is -0.241. The second-order valence-corrected chi connectivity index (χ2v) is 10.3. The molecule has 1 aromatic rings. The van der Waals surface area contributed by atoms with Crippen LogP contribution in [0.4, 0.5) is 5.82 Å². The van der Waals surface area contributed by atoms with E-state index in [-0.39, 0.29) is 41.1 Å². The molecule has 0 radical (unpaired) electrons. The first kappa shape index (κ1) is 29.3. The van der Waals surface area contributed by atoms with Gasteiger partial charge in [-0.15, -0.1) is 24.8 Å².